The van der Waals surface area contributed by atoms with Crippen molar-refractivity contribution in [2.75, 3.05) is 12.3 Å². The molecule has 0 spiro atoms. The maximum Gasteiger partial charge on any atom is 0.358 e. The Balaban J connectivity index is 3.01. The molecule has 1 aromatic rings. The molecule has 70 valence electrons. The molecule has 0 fully saturated rings. The van der Waals surface area contributed by atoms with Crippen molar-refractivity contribution in [2.24, 2.45) is 0 Å². The summed E-state index contributed by atoms with van der Waals surface area (Å²) in [5.41, 5.74) is 5.36. The number of ether oxygens (including phenoxy) is 1. The zero-order chi connectivity index (χ0) is 9.84. The van der Waals surface area contributed by atoms with Crippen molar-refractivity contribution in [1.82, 2.24) is 9.97 Å². The maximum absolute atomic E-state index is 11.2. The first-order chi connectivity index (χ1) is 6.16. The van der Waals surface area contributed by atoms with Crippen LogP contribution in [0, 0.1) is 0 Å². The number of hydrogen-bond acceptors (Lipinski definition) is 5. The molecule has 0 radical (unpaired) electrons. The highest BCUT2D eigenvalue weighted by atomic mass is 35.5. The summed E-state index contributed by atoms with van der Waals surface area (Å²) < 4.78 is 4.69. The van der Waals surface area contributed by atoms with E-state index in [-0.39, 0.29) is 23.1 Å². The van der Waals surface area contributed by atoms with Gasteiger partial charge in [0, 0.05) is 0 Å². The molecule has 0 aliphatic rings. The summed E-state index contributed by atoms with van der Waals surface area (Å²) in [5, 5.41) is 0.0287. The predicted molar refractivity (Wildman–Crippen MR) is 47.4 cm³/mol. The molecular weight excluding hydrogens is 194 g/mol. The van der Waals surface area contributed by atoms with Gasteiger partial charge in [-0.15, -0.1) is 0 Å². The fraction of sp³-hybridized carbons (Fsp3) is 0.286. The number of hydrogen-bond donors (Lipinski definition) is 1. The molecule has 6 heteroatoms. The van der Waals surface area contributed by atoms with Gasteiger partial charge in [0.1, 0.15) is 17.2 Å². The third-order valence-electron chi connectivity index (χ3n) is 1.29. The number of aromatic nitrogens is 2. The average Bonchev–Trinajstić information content (AvgIpc) is 2.10. The van der Waals surface area contributed by atoms with Gasteiger partial charge in [0.05, 0.1) is 6.61 Å². The topological polar surface area (TPSA) is 78.1 Å². The summed E-state index contributed by atoms with van der Waals surface area (Å²) in [6.07, 6.45) is 1.16. The van der Waals surface area contributed by atoms with E-state index in [9.17, 15) is 4.79 Å². The van der Waals surface area contributed by atoms with Crippen molar-refractivity contribution in [2.45, 2.75) is 6.92 Å². The van der Waals surface area contributed by atoms with Gasteiger partial charge in [0.2, 0.25) is 0 Å². The lowest BCUT2D eigenvalue weighted by Crippen LogP contribution is -2.09. The molecular formula is C7H8ClN3O2. The van der Waals surface area contributed by atoms with Crippen LogP contribution >= 0.6 is 11.6 Å². The van der Waals surface area contributed by atoms with Gasteiger partial charge in [0.15, 0.2) is 5.69 Å². The van der Waals surface area contributed by atoms with Gasteiger partial charge in [-0.3, -0.25) is 0 Å². The monoisotopic (exact) mass is 201 g/mol. The highest BCUT2D eigenvalue weighted by Crippen LogP contribution is 2.18. The van der Waals surface area contributed by atoms with Crippen LogP contribution < -0.4 is 5.73 Å². The largest absolute Gasteiger partial charge is 0.461 e. The molecule has 2 N–H and O–H groups in total. The zero-order valence-electron chi connectivity index (χ0n) is 6.95. The van der Waals surface area contributed by atoms with Gasteiger partial charge in [-0.2, -0.15) is 0 Å². The lowest BCUT2D eigenvalue weighted by molar-refractivity contribution is 0.0519. The first-order valence-corrected chi connectivity index (χ1v) is 3.97. The SMILES string of the molecule is CCOC(=O)c1ncnc(N)c1Cl. The second-order valence-corrected chi connectivity index (χ2v) is 2.52. The van der Waals surface area contributed by atoms with E-state index in [1.807, 2.05) is 0 Å². The van der Waals surface area contributed by atoms with Gasteiger partial charge < -0.3 is 10.5 Å². The lowest BCUT2D eigenvalue weighted by atomic mass is 10.4. The Labute approximate surface area is 79.9 Å². The number of anilines is 1. The number of esters is 1. The quantitative estimate of drug-likeness (QED) is 0.719. The summed E-state index contributed by atoms with van der Waals surface area (Å²) in [6, 6.07) is 0. The Morgan fingerprint density at radius 1 is 1.69 bits per heavy atom. The molecule has 1 aromatic heterocycles. The van der Waals surface area contributed by atoms with Crippen LogP contribution in [0.5, 0.6) is 0 Å². The van der Waals surface area contributed by atoms with Crippen LogP contribution in [-0.4, -0.2) is 22.5 Å². The van der Waals surface area contributed by atoms with Crippen molar-refractivity contribution in [3.05, 3.63) is 17.0 Å². The maximum atomic E-state index is 11.2. The second kappa shape index (κ2) is 4.04. The van der Waals surface area contributed by atoms with Crippen LogP contribution in [0.3, 0.4) is 0 Å². The van der Waals surface area contributed by atoms with Gasteiger partial charge >= 0.3 is 5.97 Å². The molecule has 0 unspecified atom stereocenters. The van der Waals surface area contributed by atoms with Gasteiger partial charge in [0.25, 0.3) is 0 Å². The van der Waals surface area contributed by atoms with Gasteiger partial charge in [-0.05, 0) is 6.92 Å². The summed E-state index contributed by atoms with van der Waals surface area (Å²) in [7, 11) is 0. The number of nitrogen functional groups attached to an aromatic ring is 1. The van der Waals surface area contributed by atoms with E-state index in [0.29, 0.717) is 0 Å². The first kappa shape index (κ1) is 9.73. The zero-order valence-corrected chi connectivity index (χ0v) is 7.71. The van der Waals surface area contributed by atoms with Crippen LogP contribution in [0.4, 0.5) is 5.82 Å². The summed E-state index contributed by atoms with van der Waals surface area (Å²) in [5.74, 6) is -0.527. The molecule has 0 atom stereocenters. The van der Waals surface area contributed by atoms with E-state index < -0.39 is 5.97 Å². The van der Waals surface area contributed by atoms with Crippen molar-refractivity contribution in [3.8, 4) is 0 Å². The fourth-order valence-electron chi connectivity index (χ4n) is 0.725. The summed E-state index contributed by atoms with van der Waals surface area (Å²) >= 11 is 5.67. The number of carbonyl (C=O) groups is 1. The molecule has 0 aromatic carbocycles. The molecule has 0 aliphatic heterocycles. The van der Waals surface area contributed by atoms with E-state index in [1.165, 1.54) is 0 Å². The van der Waals surface area contributed by atoms with Crippen LogP contribution in [0.1, 0.15) is 17.4 Å². The Kier molecular flexibility index (Phi) is 3.02. The summed E-state index contributed by atoms with van der Waals surface area (Å²) in [6.45, 7) is 1.95. The minimum atomic E-state index is -0.596. The van der Waals surface area contributed by atoms with Crippen LogP contribution in [0.25, 0.3) is 0 Å². The van der Waals surface area contributed by atoms with E-state index >= 15 is 0 Å². The van der Waals surface area contributed by atoms with Crippen LogP contribution in [0.2, 0.25) is 5.02 Å². The molecule has 5 nitrogen and oxygen atoms in total. The second-order valence-electron chi connectivity index (χ2n) is 2.14. The van der Waals surface area contributed by atoms with E-state index in [2.05, 4.69) is 9.97 Å². The Morgan fingerprint density at radius 3 is 3.00 bits per heavy atom. The van der Waals surface area contributed by atoms with E-state index in [4.69, 9.17) is 22.1 Å². The van der Waals surface area contributed by atoms with Crippen LogP contribution in [0.15, 0.2) is 6.33 Å². The highest BCUT2D eigenvalue weighted by Gasteiger charge is 2.15. The number of rotatable bonds is 2. The normalized spacial score (nSPS) is 9.69. The van der Waals surface area contributed by atoms with Crippen LogP contribution in [-0.2, 0) is 4.74 Å². The third-order valence-corrected chi connectivity index (χ3v) is 1.66. The number of carbonyl (C=O) groups excluding carboxylic acids is 1. The fourth-order valence-corrected chi connectivity index (χ4v) is 0.900. The number of nitrogens with zero attached hydrogens (tertiary/aromatic N) is 2. The summed E-state index contributed by atoms with van der Waals surface area (Å²) in [4.78, 5) is 18.4. The molecule has 0 bridgehead atoms. The predicted octanol–water partition coefficient (Wildman–Crippen LogP) is 0.889. The average molecular weight is 202 g/mol. The smallest absolute Gasteiger partial charge is 0.358 e. The first-order valence-electron chi connectivity index (χ1n) is 3.60. The minimum absolute atomic E-state index is 0.00369. The molecule has 1 heterocycles. The van der Waals surface area contributed by atoms with Crippen molar-refractivity contribution >= 4 is 23.4 Å². The van der Waals surface area contributed by atoms with E-state index in [0.717, 1.165) is 6.33 Å². The lowest BCUT2D eigenvalue weighted by Gasteiger charge is -2.03. The standard InChI is InChI=1S/C7H8ClN3O2/c1-2-13-7(12)5-4(8)6(9)11-3-10-5/h3H,2H2,1H3,(H2,9,10,11). The minimum Gasteiger partial charge on any atom is -0.461 e. The molecule has 0 saturated carbocycles. The van der Waals surface area contributed by atoms with Gasteiger partial charge in [-0.1, -0.05) is 11.6 Å². The van der Waals surface area contributed by atoms with Gasteiger partial charge in [-0.25, -0.2) is 14.8 Å². The number of halogens is 1. The van der Waals surface area contributed by atoms with E-state index in [1.54, 1.807) is 6.92 Å². The third kappa shape index (κ3) is 2.06. The molecule has 13 heavy (non-hydrogen) atoms. The Morgan fingerprint density at radius 2 is 2.38 bits per heavy atom. The van der Waals surface area contributed by atoms with Crippen molar-refractivity contribution < 1.29 is 9.53 Å². The number of nitrogens with two attached hydrogens (primary N) is 1. The highest BCUT2D eigenvalue weighted by molar-refractivity contribution is 6.35. The Hall–Kier alpha value is -1.36. The van der Waals surface area contributed by atoms with Crippen molar-refractivity contribution in [3.63, 3.8) is 0 Å². The Bertz CT molecular complexity index is 330. The molecule has 1 rings (SSSR count). The van der Waals surface area contributed by atoms with Crippen molar-refractivity contribution in [1.29, 1.82) is 0 Å². The molecule has 0 amide bonds. The molecule has 0 saturated heterocycles. The molecule has 0 aliphatic carbocycles.